The fourth-order valence-electron chi connectivity index (χ4n) is 1.39. The predicted octanol–water partition coefficient (Wildman–Crippen LogP) is 2.91. The van der Waals surface area contributed by atoms with Gasteiger partial charge < -0.3 is 19.6 Å². The summed E-state index contributed by atoms with van der Waals surface area (Å²) in [6.45, 7) is 0. The molecule has 0 aliphatic rings. The van der Waals surface area contributed by atoms with E-state index in [2.05, 4.69) is 4.98 Å². The number of aliphatic hydroxyl groups is 1. The van der Waals surface area contributed by atoms with Crippen LogP contribution in [0, 0.1) is 0 Å². The van der Waals surface area contributed by atoms with E-state index in [1.54, 1.807) is 36.4 Å². The number of rotatable bonds is 4. The van der Waals surface area contributed by atoms with Crippen molar-refractivity contribution >= 4 is 13.7 Å². The maximum Gasteiger partial charge on any atom is 0.390 e. The first-order valence-corrected chi connectivity index (χ1v) is 7.23. The summed E-state index contributed by atoms with van der Waals surface area (Å²) in [7, 11) is -4.67. The van der Waals surface area contributed by atoms with Gasteiger partial charge in [-0.3, -0.25) is 4.57 Å². The molecule has 0 saturated carbocycles. The van der Waals surface area contributed by atoms with Crippen molar-refractivity contribution in [3.8, 4) is 11.6 Å². The molecule has 2 aromatic rings. The Bertz CT molecular complexity index is 665. The lowest BCUT2D eigenvalue weighted by Crippen LogP contribution is -1.91. The topological polar surface area (TPSA) is 99.9 Å². The van der Waals surface area contributed by atoms with Gasteiger partial charge in [0.05, 0.1) is 5.69 Å². The van der Waals surface area contributed by atoms with Gasteiger partial charge >= 0.3 is 7.60 Å². The molecule has 0 unspecified atom stereocenters. The minimum absolute atomic E-state index is 0.180. The van der Waals surface area contributed by atoms with E-state index in [-0.39, 0.29) is 11.6 Å². The molecule has 7 heteroatoms. The molecule has 3 N–H and O–H groups in total. The number of para-hydroxylation sites is 1. The third kappa shape index (κ3) is 3.93. The van der Waals surface area contributed by atoms with Crippen LogP contribution < -0.4 is 4.74 Å². The second kappa shape index (κ2) is 5.88. The number of benzene rings is 1. The summed E-state index contributed by atoms with van der Waals surface area (Å²) < 4.78 is 16.3. The Kier molecular flexibility index (Phi) is 4.20. The molecule has 1 heterocycles. The highest BCUT2D eigenvalue weighted by Crippen LogP contribution is 2.43. The van der Waals surface area contributed by atoms with Crippen molar-refractivity contribution in [1.29, 1.82) is 0 Å². The zero-order valence-electron chi connectivity index (χ0n) is 10.2. The van der Waals surface area contributed by atoms with Crippen LogP contribution in [0.5, 0.6) is 11.6 Å². The largest absolute Gasteiger partial charge is 0.501 e. The van der Waals surface area contributed by atoms with Crippen LogP contribution in [-0.2, 0) is 4.57 Å². The van der Waals surface area contributed by atoms with Crippen LogP contribution in [-0.4, -0.2) is 19.9 Å². The summed E-state index contributed by atoms with van der Waals surface area (Å²) in [4.78, 5) is 21.6. The Morgan fingerprint density at radius 1 is 1.10 bits per heavy atom. The molecule has 6 nitrogen and oxygen atoms in total. The lowest BCUT2D eigenvalue weighted by molar-refractivity contribution is 0.339. The monoisotopic (exact) mass is 293 g/mol. The number of ether oxygens (including phenoxy) is 1. The van der Waals surface area contributed by atoms with Crippen molar-refractivity contribution in [3.63, 3.8) is 0 Å². The third-order valence-corrected chi connectivity index (χ3v) is 3.01. The second-order valence-electron chi connectivity index (χ2n) is 3.86. The van der Waals surface area contributed by atoms with E-state index in [9.17, 15) is 9.67 Å². The van der Waals surface area contributed by atoms with Crippen LogP contribution in [0.2, 0.25) is 0 Å². The van der Waals surface area contributed by atoms with E-state index in [1.807, 2.05) is 6.07 Å². The number of hydrogen-bond donors (Lipinski definition) is 3. The zero-order valence-corrected chi connectivity index (χ0v) is 11.1. The normalized spacial score (nSPS) is 12.2. The smallest absolute Gasteiger partial charge is 0.390 e. The van der Waals surface area contributed by atoms with Gasteiger partial charge in [-0.25, -0.2) is 4.98 Å². The maximum atomic E-state index is 10.8. The van der Waals surface area contributed by atoms with Crippen molar-refractivity contribution < 1.29 is 24.2 Å². The van der Waals surface area contributed by atoms with Crippen LogP contribution in [0.25, 0.3) is 6.08 Å². The molecule has 2 rings (SSSR count). The molecule has 0 atom stereocenters. The highest BCUT2D eigenvalue weighted by molar-refractivity contribution is 7.56. The molecule has 0 aliphatic carbocycles. The summed E-state index contributed by atoms with van der Waals surface area (Å²) in [5, 5.41) is 9.24. The van der Waals surface area contributed by atoms with Crippen molar-refractivity contribution in [2.45, 2.75) is 0 Å². The number of aliphatic hydroxyl groups excluding tert-OH is 1. The van der Waals surface area contributed by atoms with Crippen LogP contribution in [0.1, 0.15) is 5.69 Å². The Hall–Kier alpha value is -2.14. The first-order chi connectivity index (χ1) is 9.45. The molecule has 0 fully saturated rings. The van der Waals surface area contributed by atoms with E-state index in [0.717, 1.165) is 6.08 Å². The van der Waals surface area contributed by atoms with Crippen LogP contribution in [0.3, 0.4) is 0 Å². The average Bonchev–Trinajstić information content (AvgIpc) is 2.39. The standard InChI is InChI=1S/C13H12NO5P/c15-13(20(16,17)18)9-10-5-4-8-12(14-10)19-11-6-2-1-3-7-11/h1-9,15H,(H2,16,17,18). The minimum Gasteiger partial charge on any atom is -0.501 e. The van der Waals surface area contributed by atoms with Crippen LogP contribution in [0.4, 0.5) is 0 Å². The van der Waals surface area contributed by atoms with Gasteiger partial charge in [0.15, 0.2) is 0 Å². The average molecular weight is 293 g/mol. The van der Waals surface area contributed by atoms with Gasteiger partial charge in [0.1, 0.15) is 5.75 Å². The van der Waals surface area contributed by atoms with E-state index in [1.165, 1.54) is 6.07 Å². The van der Waals surface area contributed by atoms with Gasteiger partial charge in [0.2, 0.25) is 11.4 Å². The van der Waals surface area contributed by atoms with Crippen molar-refractivity contribution in [1.82, 2.24) is 4.98 Å². The van der Waals surface area contributed by atoms with Gasteiger partial charge in [0.25, 0.3) is 0 Å². The quantitative estimate of drug-likeness (QED) is 0.592. The van der Waals surface area contributed by atoms with E-state index in [4.69, 9.17) is 14.5 Å². The summed E-state index contributed by atoms with van der Waals surface area (Å²) in [6, 6.07) is 13.6. The first-order valence-electron chi connectivity index (χ1n) is 5.62. The van der Waals surface area contributed by atoms with Gasteiger partial charge in [-0.15, -0.1) is 0 Å². The maximum absolute atomic E-state index is 10.8. The minimum atomic E-state index is -4.67. The number of nitrogens with zero attached hydrogens (tertiary/aromatic N) is 1. The summed E-state index contributed by atoms with van der Waals surface area (Å²) in [5.41, 5.74) is -0.860. The molecular weight excluding hydrogens is 281 g/mol. The van der Waals surface area contributed by atoms with Crippen molar-refractivity contribution in [3.05, 3.63) is 59.7 Å². The van der Waals surface area contributed by atoms with Crippen molar-refractivity contribution in [2.75, 3.05) is 0 Å². The molecule has 0 saturated heterocycles. The van der Waals surface area contributed by atoms with E-state index >= 15 is 0 Å². The summed E-state index contributed by atoms with van der Waals surface area (Å²) in [6.07, 6.45) is 0.901. The van der Waals surface area contributed by atoms with Gasteiger partial charge in [-0.05, 0) is 18.2 Å². The predicted molar refractivity (Wildman–Crippen MR) is 73.4 cm³/mol. The van der Waals surface area contributed by atoms with Gasteiger partial charge in [-0.2, -0.15) is 0 Å². The molecule has 104 valence electrons. The molecule has 0 aliphatic heterocycles. The lowest BCUT2D eigenvalue weighted by atomic mass is 10.3. The van der Waals surface area contributed by atoms with Crippen molar-refractivity contribution in [2.24, 2.45) is 0 Å². The molecule has 0 spiro atoms. The Morgan fingerprint density at radius 3 is 2.45 bits per heavy atom. The fraction of sp³-hybridized carbons (Fsp3) is 0. The molecule has 1 aromatic carbocycles. The summed E-state index contributed by atoms with van der Waals surface area (Å²) >= 11 is 0. The van der Waals surface area contributed by atoms with Crippen LogP contribution >= 0.6 is 7.60 Å². The molecule has 0 bridgehead atoms. The molecule has 0 amide bonds. The summed E-state index contributed by atoms with van der Waals surface area (Å²) in [5.74, 6) is 0.837. The highest BCUT2D eigenvalue weighted by atomic mass is 31.2. The number of hydrogen-bond acceptors (Lipinski definition) is 4. The molecule has 0 radical (unpaired) electrons. The third-order valence-electron chi connectivity index (χ3n) is 2.29. The Balaban J connectivity index is 2.23. The molecule has 1 aromatic heterocycles. The number of aromatic nitrogens is 1. The lowest BCUT2D eigenvalue weighted by Gasteiger charge is -2.05. The van der Waals surface area contributed by atoms with Crippen LogP contribution in [0.15, 0.2) is 54.0 Å². The van der Waals surface area contributed by atoms with Gasteiger partial charge in [-0.1, -0.05) is 24.3 Å². The Labute approximate surface area is 115 Å². The Morgan fingerprint density at radius 2 is 1.80 bits per heavy atom. The number of pyridine rings is 1. The van der Waals surface area contributed by atoms with E-state index < -0.39 is 13.1 Å². The molecule has 20 heavy (non-hydrogen) atoms. The second-order valence-corrected chi connectivity index (χ2v) is 5.41. The SMILES string of the molecule is O=P(O)(O)C(O)=Cc1cccc(Oc2ccccc2)n1. The first kappa shape index (κ1) is 14.3. The van der Waals surface area contributed by atoms with Gasteiger partial charge in [0, 0.05) is 12.1 Å². The zero-order chi connectivity index (χ0) is 14.6. The highest BCUT2D eigenvalue weighted by Gasteiger charge is 2.19. The fourth-order valence-corrected chi connectivity index (χ4v) is 1.69. The molecular formula is C13H12NO5P. The van der Waals surface area contributed by atoms with E-state index in [0.29, 0.717) is 5.75 Å².